The van der Waals surface area contributed by atoms with E-state index in [-0.39, 0.29) is 19.4 Å². The van der Waals surface area contributed by atoms with E-state index in [1.165, 1.54) is 0 Å². The average Bonchev–Trinajstić information content (AvgIpc) is 2.99. The van der Waals surface area contributed by atoms with Gasteiger partial charge in [0, 0.05) is 34.3 Å². The molecule has 1 saturated heterocycles. The van der Waals surface area contributed by atoms with Crippen molar-refractivity contribution in [1.29, 1.82) is 0 Å². The summed E-state index contributed by atoms with van der Waals surface area (Å²) < 4.78 is 0. The second-order valence-electron chi connectivity index (χ2n) is 7.56. The highest BCUT2D eigenvalue weighted by Crippen LogP contribution is 2.44. The summed E-state index contributed by atoms with van der Waals surface area (Å²) in [6.45, 7) is 1.10. The number of hydrogen-bond acceptors (Lipinski definition) is 3. The van der Waals surface area contributed by atoms with Crippen LogP contribution in [0, 0.1) is 5.41 Å². The van der Waals surface area contributed by atoms with Gasteiger partial charge in [-0.15, -0.1) is 0 Å². The molecule has 154 valence electrons. The quantitative estimate of drug-likeness (QED) is 0.543. The van der Waals surface area contributed by atoms with Crippen LogP contribution in [0.3, 0.4) is 0 Å². The lowest BCUT2D eigenvalue weighted by atomic mass is 9.70. The maximum atomic E-state index is 13.3. The molecule has 0 bridgehead atoms. The molecule has 1 spiro atoms. The third-order valence-electron chi connectivity index (χ3n) is 5.98. The fourth-order valence-electron chi connectivity index (χ4n) is 4.38. The van der Waals surface area contributed by atoms with Crippen LogP contribution in [0.2, 0.25) is 10.0 Å². The number of carbonyl (C=O) groups is 2. The zero-order valence-electron chi connectivity index (χ0n) is 15.7. The molecule has 2 aromatic rings. The highest BCUT2D eigenvalue weighted by Gasteiger charge is 2.48. The molecule has 1 aliphatic heterocycles. The minimum absolute atomic E-state index is 0. The van der Waals surface area contributed by atoms with Gasteiger partial charge in [0.2, 0.25) is 5.91 Å². The maximum Gasteiger partial charge on any atom is 0.274 e. The molecule has 8 heteroatoms. The van der Waals surface area contributed by atoms with Gasteiger partial charge >= 0.3 is 0 Å². The van der Waals surface area contributed by atoms with Crippen LogP contribution in [-0.2, 0) is 24.2 Å². The van der Waals surface area contributed by atoms with E-state index in [0.717, 1.165) is 36.0 Å². The van der Waals surface area contributed by atoms with Crippen LogP contribution >= 0.6 is 36.7 Å². The zero-order valence-corrected chi connectivity index (χ0v) is 18.2. The Morgan fingerprint density at radius 3 is 2.55 bits per heavy atom. The van der Waals surface area contributed by atoms with Gasteiger partial charge in [0.15, 0.2) is 0 Å². The van der Waals surface area contributed by atoms with E-state index >= 15 is 0 Å². The predicted molar refractivity (Wildman–Crippen MR) is 117 cm³/mol. The fraction of sp³-hybridized carbons (Fsp3) is 0.333. The van der Waals surface area contributed by atoms with Gasteiger partial charge in [0.1, 0.15) is 0 Å². The van der Waals surface area contributed by atoms with Crippen LogP contribution in [0.4, 0.5) is 0 Å². The van der Waals surface area contributed by atoms with Crippen molar-refractivity contribution in [2.45, 2.75) is 32.2 Å². The highest BCUT2D eigenvalue weighted by molar-refractivity contribution is 7.59. The van der Waals surface area contributed by atoms with Crippen LogP contribution in [0.15, 0.2) is 36.4 Å². The van der Waals surface area contributed by atoms with Crippen LogP contribution in [0.25, 0.3) is 0 Å². The molecule has 1 heterocycles. The Hall–Kier alpha value is -1.73. The lowest BCUT2D eigenvalue weighted by Crippen LogP contribution is -2.38. The summed E-state index contributed by atoms with van der Waals surface area (Å²) >= 11 is 12.6. The maximum absolute atomic E-state index is 13.3. The Morgan fingerprint density at radius 1 is 1.14 bits per heavy atom. The number of hydrogen-bond donors (Lipinski definition) is 2. The van der Waals surface area contributed by atoms with Crippen LogP contribution in [0.1, 0.15) is 39.9 Å². The van der Waals surface area contributed by atoms with Gasteiger partial charge in [-0.2, -0.15) is 13.5 Å². The number of nitrogens with one attached hydrogen (secondary N) is 1. The standard InChI is InChI=1S/C21H20Cl2N2O3.H2S/c22-17-2-1-3-18(23)16(17)12-25-9-8-21(20(25)27)7-6-13-10-14(19(26)24-28)4-5-15(13)11-21;/h1-5,10,28H,6-9,11-12H2,(H,24,26);1H2/t21-;/m1./s1. The summed E-state index contributed by atoms with van der Waals surface area (Å²) in [4.78, 5) is 26.8. The van der Waals surface area contributed by atoms with E-state index in [1.807, 2.05) is 11.0 Å². The van der Waals surface area contributed by atoms with Gasteiger partial charge in [0.05, 0.1) is 5.41 Å². The molecule has 1 fully saturated rings. The average molecular weight is 453 g/mol. The zero-order chi connectivity index (χ0) is 19.9. The Labute approximate surface area is 186 Å². The van der Waals surface area contributed by atoms with Crippen LogP contribution < -0.4 is 5.48 Å². The number of carbonyl (C=O) groups excluding carboxylic acids is 2. The van der Waals surface area contributed by atoms with Crippen LogP contribution in [-0.4, -0.2) is 28.5 Å². The molecule has 1 atom stereocenters. The first-order valence-electron chi connectivity index (χ1n) is 9.22. The first kappa shape index (κ1) is 22.0. The van der Waals surface area contributed by atoms with Crippen LogP contribution in [0.5, 0.6) is 0 Å². The first-order valence-corrected chi connectivity index (χ1v) is 9.98. The second kappa shape index (κ2) is 8.56. The van der Waals surface area contributed by atoms with Gasteiger partial charge in [-0.25, -0.2) is 5.48 Å². The number of rotatable bonds is 3. The molecule has 0 unspecified atom stereocenters. The van der Waals surface area contributed by atoms with E-state index in [1.54, 1.807) is 35.8 Å². The summed E-state index contributed by atoms with van der Waals surface area (Å²) in [6.07, 6.45) is 2.94. The molecule has 0 radical (unpaired) electrons. The number of fused-ring (bicyclic) bond motifs is 1. The monoisotopic (exact) mass is 452 g/mol. The molecule has 0 aromatic heterocycles. The molecule has 2 N–H and O–H groups in total. The Bertz CT molecular complexity index is 949. The minimum atomic E-state index is -0.525. The number of likely N-dealkylation sites (tertiary alicyclic amines) is 1. The number of benzene rings is 2. The molecule has 2 amide bonds. The Morgan fingerprint density at radius 2 is 1.86 bits per heavy atom. The Balaban J connectivity index is 0.00000240. The summed E-state index contributed by atoms with van der Waals surface area (Å²) in [5.41, 5.74) is 4.62. The molecule has 2 aliphatic rings. The van der Waals surface area contributed by atoms with Crippen molar-refractivity contribution in [3.05, 3.63) is 68.7 Å². The minimum Gasteiger partial charge on any atom is -0.338 e. The normalized spacial score (nSPS) is 20.4. The van der Waals surface area contributed by atoms with Gasteiger partial charge < -0.3 is 4.90 Å². The third-order valence-corrected chi connectivity index (χ3v) is 6.69. The summed E-state index contributed by atoms with van der Waals surface area (Å²) in [5, 5.41) is 9.96. The van der Waals surface area contributed by atoms with Crippen molar-refractivity contribution >= 4 is 48.5 Å². The summed E-state index contributed by atoms with van der Waals surface area (Å²) in [7, 11) is 0. The summed E-state index contributed by atoms with van der Waals surface area (Å²) in [6, 6.07) is 10.7. The van der Waals surface area contributed by atoms with Gasteiger partial charge in [-0.3, -0.25) is 14.8 Å². The van der Waals surface area contributed by atoms with Crippen molar-refractivity contribution in [2.24, 2.45) is 5.41 Å². The van der Waals surface area contributed by atoms with Gasteiger partial charge in [-0.1, -0.05) is 35.3 Å². The second-order valence-corrected chi connectivity index (χ2v) is 8.37. The molecular weight excluding hydrogens is 431 g/mol. The fourth-order valence-corrected chi connectivity index (χ4v) is 4.89. The smallest absolute Gasteiger partial charge is 0.274 e. The van der Waals surface area contributed by atoms with Crippen molar-refractivity contribution in [2.75, 3.05) is 6.54 Å². The van der Waals surface area contributed by atoms with Gasteiger partial charge in [0.25, 0.3) is 5.91 Å². The number of aryl methyl sites for hydroxylation is 1. The number of amides is 2. The Kier molecular flexibility index (Phi) is 6.48. The van der Waals surface area contributed by atoms with E-state index in [4.69, 9.17) is 28.4 Å². The van der Waals surface area contributed by atoms with E-state index in [2.05, 4.69) is 0 Å². The molecule has 0 saturated carbocycles. The third kappa shape index (κ3) is 3.99. The SMILES string of the molecule is O=C(NO)c1ccc2c(c1)CC[C@@]1(CCN(Cc3c(Cl)cccc3Cl)C1=O)C2.S. The molecule has 4 rings (SSSR count). The van der Waals surface area contributed by atoms with E-state index in [9.17, 15) is 9.59 Å². The van der Waals surface area contributed by atoms with E-state index in [0.29, 0.717) is 35.1 Å². The number of nitrogens with zero attached hydrogens (tertiary/aromatic N) is 1. The highest BCUT2D eigenvalue weighted by atomic mass is 35.5. The van der Waals surface area contributed by atoms with Crippen molar-refractivity contribution < 1.29 is 14.8 Å². The molecule has 1 aliphatic carbocycles. The number of halogens is 2. The number of hydroxylamine groups is 1. The lowest BCUT2D eigenvalue weighted by molar-refractivity contribution is -0.137. The van der Waals surface area contributed by atoms with Crippen molar-refractivity contribution in [3.63, 3.8) is 0 Å². The molecule has 29 heavy (non-hydrogen) atoms. The first-order chi connectivity index (χ1) is 13.4. The van der Waals surface area contributed by atoms with Crippen molar-refractivity contribution in [3.8, 4) is 0 Å². The van der Waals surface area contributed by atoms with Gasteiger partial charge in [-0.05, 0) is 61.1 Å². The largest absolute Gasteiger partial charge is 0.338 e. The van der Waals surface area contributed by atoms with E-state index < -0.39 is 11.3 Å². The molecular formula is C21H22Cl2N2O3S. The molecule has 2 aromatic carbocycles. The van der Waals surface area contributed by atoms with Crippen molar-refractivity contribution in [1.82, 2.24) is 10.4 Å². The summed E-state index contributed by atoms with van der Waals surface area (Å²) in [5.74, 6) is -0.380. The topological polar surface area (TPSA) is 69.6 Å². The lowest BCUT2D eigenvalue weighted by Gasteiger charge is -2.33. The molecule has 5 nitrogen and oxygen atoms in total. The predicted octanol–water partition coefficient (Wildman–Crippen LogP) is 4.13.